The molecule has 34 valence electrons. The Morgan fingerprint density at radius 2 is 2.14 bits per heavy atom. The lowest BCUT2D eigenvalue weighted by molar-refractivity contribution is 0.497. The molecule has 2 nitrogen and oxygen atoms in total. The third-order valence-electron chi connectivity index (χ3n) is 0.241. The molecule has 0 amide bonds. The van der Waals surface area contributed by atoms with Crippen LogP contribution in [0.3, 0.4) is 0 Å². The summed E-state index contributed by atoms with van der Waals surface area (Å²) in [5.74, 6) is 0. The van der Waals surface area contributed by atoms with Crippen LogP contribution in [-0.2, 0) is 9.09 Å². The van der Waals surface area contributed by atoms with Crippen LogP contribution in [0.5, 0.6) is 0 Å². The number of hydrogen-bond donors (Lipinski definition) is 0. The molecule has 0 aliphatic carbocycles. The Kier molecular flexibility index (Phi) is 2.77. The number of terminal acetylenes is 2. The zero-order valence-corrected chi connectivity index (χ0v) is 4.31. The lowest BCUT2D eigenvalue weighted by Gasteiger charge is -1.59. The van der Waals surface area contributed by atoms with Crippen LogP contribution >= 0.6 is 8.03 Å². The third kappa shape index (κ3) is 2.83. The molecule has 1 unspecified atom stereocenters. The Morgan fingerprint density at radius 1 is 1.57 bits per heavy atom. The molecule has 0 rings (SSSR count). The first kappa shape index (κ1) is 6.02. The van der Waals surface area contributed by atoms with E-state index in [2.05, 4.69) is 17.4 Å². The van der Waals surface area contributed by atoms with Crippen LogP contribution < -0.4 is 0 Å². The van der Waals surface area contributed by atoms with Crippen LogP contribution in [-0.4, -0.2) is 0 Å². The molecule has 0 bridgehead atoms. The van der Waals surface area contributed by atoms with Gasteiger partial charge in [0.25, 0.3) is 0 Å². The molecule has 0 radical (unpaired) electrons. The molecule has 0 saturated carbocycles. The van der Waals surface area contributed by atoms with E-state index in [0.717, 1.165) is 0 Å². The second kappa shape index (κ2) is 3.22. The highest BCUT2D eigenvalue weighted by Gasteiger charge is 2.08. The van der Waals surface area contributed by atoms with Gasteiger partial charge in [0.15, 0.2) is 6.11 Å². The molecule has 0 aromatic heterocycles. The van der Waals surface area contributed by atoms with Crippen molar-refractivity contribution in [1.82, 2.24) is 0 Å². The van der Waals surface area contributed by atoms with Gasteiger partial charge in [0.1, 0.15) is 0 Å². The Morgan fingerprint density at radius 3 is 2.29 bits per heavy atom. The average molecular weight is 113 g/mol. The summed E-state index contributed by atoms with van der Waals surface area (Å²) in [7, 11) is -2.04. The van der Waals surface area contributed by atoms with Gasteiger partial charge in [-0.2, -0.15) is 4.52 Å². The Hall–Kier alpha value is -0.980. The maximum atomic E-state index is 9.96. The Bertz CT molecular complexity index is 148. The van der Waals surface area contributed by atoms with Crippen molar-refractivity contribution in [3.05, 3.63) is 0 Å². The van der Waals surface area contributed by atoms with Gasteiger partial charge in [-0.3, -0.25) is 0 Å². The fraction of sp³-hybridized carbons (Fsp3) is 0. The molecule has 0 saturated heterocycles. The summed E-state index contributed by atoms with van der Waals surface area (Å²) in [6.45, 7) is 0. The second-order valence-electron chi connectivity index (χ2n) is 0.595. The molecule has 0 spiro atoms. The summed E-state index contributed by atoms with van der Waals surface area (Å²) in [4.78, 5) is 0. The van der Waals surface area contributed by atoms with E-state index >= 15 is 0 Å². The second-order valence-corrected chi connectivity index (χ2v) is 1.55. The quantitative estimate of drug-likeness (QED) is 0.373. The van der Waals surface area contributed by atoms with Crippen LogP contribution in [0.15, 0.2) is 0 Å². The van der Waals surface area contributed by atoms with Gasteiger partial charge < -0.3 is 0 Å². The highest BCUT2D eigenvalue weighted by molar-refractivity contribution is 7.45. The third-order valence-corrected chi connectivity index (χ3v) is 0.723. The largest absolute Gasteiger partial charge is 0.662 e. The lowest BCUT2D eigenvalue weighted by Crippen LogP contribution is -1.56. The van der Waals surface area contributed by atoms with Crippen molar-refractivity contribution < 1.29 is 9.09 Å². The SMILES string of the molecule is C#CO[P+](=O)C#C. The van der Waals surface area contributed by atoms with Gasteiger partial charge in [-0.1, -0.05) is 12.8 Å². The molecular weight excluding hydrogens is 111 g/mol. The molecule has 0 heterocycles. The standard InChI is InChI=1S/C4H2O2P/c1-3-6-7(5)4-2/h1-2H/q+1. The summed E-state index contributed by atoms with van der Waals surface area (Å²) < 4.78 is 14.0. The zero-order valence-electron chi connectivity index (χ0n) is 3.42. The predicted molar refractivity (Wildman–Crippen MR) is 26.4 cm³/mol. The van der Waals surface area contributed by atoms with Crippen molar-refractivity contribution in [2.24, 2.45) is 0 Å². The van der Waals surface area contributed by atoms with E-state index in [1.807, 2.05) is 5.66 Å². The molecular formula is C4H2O2P+. The molecule has 1 atom stereocenters. The van der Waals surface area contributed by atoms with Crippen molar-refractivity contribution in [2.45, 2.75) is 0 Å². The Balaban J connectivity index is 3.50. The molecule has 7 heavy (non-hydrogen) atoms. The highest BCUT2D eigenvalue weighted by Crippen LogP contribution is 2.16. The smallest absolute Gasteiger partial charge is 0.187 e. The Labute approximate surface area is 42.7 Å². The lowest BCUT2D eigenvalue weighted by atomic mass is 11.3. The van der Waals surface area contributed by atoms with Gasteiger partial charge in [0, 0.05) is 0 Å². The predicted octanol–water partition coefficient (Wildman–Crippen LogP) is 0.927. The highest BCUT2D eigenvalue weighted by atomic mass is 31.1. The van der Waals surface area contributed by atoms with Crippen LogP contribution in [0.25, 0.3) is 0 Å². The summed E-state index contributed by atoms with van der Waals surface area (Å²) in [5, 5.41) is 0. The van der Waals surface area contributed by atoms with E-state index in [4.69, 9.17) is 0 Å². The zero-order chi connectivity index (χ0) is 5.70. The minimum absolute atomic E-state index is 1.69. The van der Waals surface area contributed by atoms with Crippen molar-refractivity contribution >= 4 is 8.03 Å². The van der Waals surface area contributed by atoms with Crippen LogP contribution in [0.1, 0.15) is 0 Å². The van der Waals surface area contributed by atoms with Gasteiger partial charge in [0.05, 0.1) is 0 Å². The van der Waals surface area contributed by atoms with Gasteiger partial charge in [0.2, 0.25) is 5.66 Å². The first-order valence-corrected chi connectivity index (χ1v) is 2.55. The van der Waals surface area contributed by atoms with Crippen molar-refractivity contribution in [1.29, 1.82) is 0 Å². The molecule has 0 fully saturated rings. The fourth-order valence-corrected chi connectivity index (χ4v) is 0.223. The fourth-order valence-electron chi connectivity index (χ4n) is 0.0742. The number of rotatable bonds is 1. The minimum Gasteiger partial charge on any atom is -0.187 e. The summed E-state index contributed by atoms with van der Waals surface area (Å²) in [5.41, 5.74) is 1.81. The van der Waals surface area contributed by atoms with E-state index in [1.165, 1.54) is 0 Å². The topological polar surface area (TPSA) is 26.3 Å². The van der Waals surface area contributed by atoms with Gasteiger partial charge in [-0.25, -0.2) is 0 Å². The van der Waals surface area contributed by atoms with Gasteiger partial charge in [-0.05, 0) is 4.57 Å². The van der Waals surface area contributed by atoms with Crippen molar-refractivity contribution in [2.75, 3.05) is 0 Å². The maximum absolute atomic E-state index is 9.96. The molecule has 0 aromatic rings. The van der Waals surface area contributed by atoms with Gasteiger partial charge in [-0.15, -0.1) is 0 Å². The summed E-state index contributed by atoms with van der Waals surface area (Å²) in [6.07, 6.45) is 10.8. The normalized spacial score (nSPS) is 8.00. The van der Waals surface area contributed by atoms with Crippen LogP contribution in [0.2, 0.25) is 0 Å². The van der Waals surface area contributed by atoms with Crippen LogP contribution in [0.4, 0.5) is 0 Å². The maximum Gasteiger partial charge on any atom is 0.662 e. The monoisotopic (exact) mass is 113 g/mol. The van der Waals surface area contributed by atoms with Gasteiger partial charge >= 0.3 is 8.03 Å². The van der Waals surface area contributed by atoms with Crippen molar-refractivity contribution in [3.63, 3.8) is 0 Å². The molecule has 3 heteroatoms. The molecule has 0 aromatic carbocycles. The first-order chi connectivity index (χ1) is 3.31. The van der Waals surface area contributed by atoms with Crippen molar-refractivity contribution in [3.8, 4) is 24.6 Å². The van der Waals surface area contributed by atoms with E-state index in [-0.39, 0.29) is 0 Å². The van der Waals surface area contributed by atoms with E-state index in [0.29, 0.717) is 0 Å². The minimum atomic E-state index is -2.04. The first-order valence-electron chi connectivity index (χ1n) is 1.37. The molecule has 0 aliphatic rings. The van der Waals surface area contributed by atoms with E-state index in [1.54, 1.807) is 6.11 Å². The van der Waals surface area contributed by atoms with E-state index < -0.39 is 8.03 Å². The summed E-state index contributed by atoms with van der Waals surface area (Å²) >= 11 is 0. The summed E-state index contributed by atoms with van der Waals surface area (Å²) in [6, 6.07) is 0. The van der Waals surface area contributed by atoms with E-state index in [9.17, 15) is 4.57 Å². The van der Waals surface area contributed by atoms with Crippen LogP contribution in [0, 0.1) is 24.6 Å². The molecule has 0 aliphatic heterocycles. The average Bonchev–Trinajstić information content (AvgIpc) is 1.68. The number of hydrogen-bond acceptors (Lipinski definition) is 2. The molecule has 0 N–H and O–H groups in total.